The Labute approximate surface area is 118 Å². The normalized spacial score (nSPS) is 11.8. The van der Waals surface area contributed by atoms with Crippen LogP contribution in [0.1, 0.15) is 37.0 Å². The summed E-state index contributed by atoms with van der Waals surface area (Å²) >= 11 is 0. The highest BCUT2D eigenvalue weighted by atomic mass is 32.2. The van der Waals surface area contributed by atoms with Gasteiger partial charge in [-0.3, -0.25) is 0 Å². The minimum Gasteiger partial charge on any atom is -0.478 e. The van der Waals surface area contributed by atoms with E-state index in [1.165, 1.54) is 0 Å². The van der Waals surface area contributed by atoms with Crippen LogP contribution in [0.3, 0.4) is 0 Å². The molecule has 112 valence electrons. The van der Waals surface area contributed by atoms with Crippen molar-refractivity contribution < 1.29 is 22.7 Å². The zero-order valence-corrected chi connectivity index (χ0v) is 12.3. The van der Waals surface area contributed by atoms with E-state index in [1.807, 2.05) is 6.92 Å². The van der Waals surface area contributed by atoms with Crippen LogP contribution >= 0.6 is 0 Å². The topological polar surface area (TPSA) is 74.7 Å². The zero-order valence-electron chi connectivity index (χ0n) is 11.5. The van der Waals surface area contributed by atoms with E-state index in [2.05, 4.69) is 0 Å². The molecule has 0 unspecified atom stereocenters. The number of halogens is 1. The van der Waals surface area contributed by atoms with Crippen LogP contribution in [-0.4, -0.2) is 36.9 Å². The van der Waals surface area contributed by atoms with Gasteiger partial charge >= 0.3 is 5.97 Å². The molecule has 1 N–H and O–H groups in total. The van der Waals surface area contributed by atoms with Gasteiger partial charge < -0.3 is 5.11 Å². The van der Waals surface area contributed by atoms with Crippen LogP contribution in [0.2, 0.25) is 0 Å². The first-order chi connectivity index (χ1) is 9.34. The van der Waals surface area contributed by atoms with Gasteiger partial charge in [0.2, 0.25) is 10.0 Å². The maximum Gasteiger partial charge on any atom is 0.337 e. The van der Waals surface area contributed by atoms with Crippen molar-refractivity contribution in [3.05, 3.63) is 29.6 Å². The van der Waals surface area contributed by atoms with Gasteiger partial charge in [-0.25, -0.2) is 17.6 Å². The monoisotopic (exact) mass is 303 g/mol. The number of carbonyl (C=O) groups is 1. The van der Waals surface area contributed by atoms with Crippen LogP contribution in [0.5, 0.6) is 0 Å². The number of sulfonamides is 1. The van der Waals surface area contributed by atoms with Gasteiger partial charge in [-0.1, -0.05) is 20.3 Å². The summed E-state index contributed by atoms with van der Waals surface area (Å²) < 4.78 is 39.3. The molecule has 0 aliphatic carbocycles. The van der Waals surface area contributed by atoms with Gasteiger partial charge in [-0.2, -0.15) is 4.31 Å². The van der Waals surface area contributed by atoms with E-state index in [1.54, 1.807) is 6.92 Å². The number of hydrogen-bond donors (Lipinski definition) is 1. The molecule has 0 amide bonds. The number of carboxylic acid groups (broad SMARTS) is 1. The summed E-state index contributed by atoms with van der Waals surface area (Å²) in [7, 11) is -4.01. The lowest BCUT2D eigenvalue weighted by Crippen LogP contribution is -2.33. The van der Waals surface area contributed by atoms with Crippen molar-refractivity contribution in [3.8, 4) is 0 Å². The summed E-state index contributed by atoms with van der Waals surface area (Å²) in [5.74, 6) is -2.17. The van der Waals surface area contributed by atoms with E-state index in [9.17, 15) is 17.6 Å². The Kier molecular flexibility index (Phi) is 5.64. The quantitative estimate of drug-likeness (QED) is 0.839. The highest BCUT2D eigenvalue weighted by molar-refractivity contribution is 7.89. The molecule has 0 saturated heterocycles. The minimum atomic E-state index is -4.01. The molecule has 0 heterocycles. The molecular formula is C13H18FNO4S. The highest BCUT2D eigenvalue weighted by Crippen LogP contribution is 2.22. The van der Waals surface area contributed by atoms with Gasteiger partial charge in [0, 0.05) is 13.1 Å². The van der Waals surface area contributed by atoms with Crippen LogP contribution in [0.4, 0.5) is 4.39 Å². The molecule has 1 rings (SSSR count). The second-order valence-electron chi connectivity index (χ2n) is 4.30. The Hall–Kier alpha value is -1.47. The van der Waals surface area contributed by atoms with Crippen LogP contribution in [-0.2, 0) is 10.0 Å². The lowest BCUT2D eigenvalue weighted by atomic mass is 10.2. The second-order valence-corrected chi connectivity index (χ2v) is 6.20. The number of rotatable bonds is 7. The summed E-state index contributed by atoms with van der Waals surface area (Å²) in [6.45, 7) is 4.07. The summed E-state index contributed by atoms with van der Waals surface area (Å²) in [6, 6.07) is 2.66. The Morgan fingerprint density at radius 1 is 1.35 bits per heavy atom. The van der Waals surface area contributed by atoms with Crippen molar-refractivity contribution in [2.45, 2.75) is 31.6 Å². The molecule has 1 aromatic carbocycles. The average molecular weight is 303 g/mol. The number of carboxylic acids is 1. The van der Waals surface area contributed by atoms with Gasteiger partial charge in [0.15, 0.2) is 0 Å². The summed E-state index contributed by atoms with van der Waals surface area (Å²) in [5.41, 5.74) is -0.415. The molecule has 0 aliphatic rings. The molecule has 0 bridgehead atoms. The molecule has 20 heavy (non-hydrogen) atoms. The van der Waals surface area contributed by atoms with E-state index < -0.39 is 32.3 Å². The number of aromatic carboxylic acids is 1. The third-order valence-electron chi connectivity index (χ3n) is 2.91. The van der Waals surface area contributed by atoms with Gasteiger partial charge in [0.25, 0.3) is 0 Å². The van der Waals surface area contributed by atoms with Crippen molar-refractivity contribution in [1.82, 2.24) is 4.31 Å². The minimum absolute atomic E-state index is 0.206. The van der Waals surface area contributed by atoms with E-state index in [4.69, 9.17) is 5.11 Å². The molecule has 0 atom stereocenters. The first-order valence-electron chi connectivity index (χ1n) is 6.37. The van der Waals surface area contributed by atoms with E-state index in [-0.39, 0.29) is 13.1 Å². The molecular weight excluding hydrogens is 285 g/mol. The largest absolute Gasteiger partial charge is 0.478 e. The first kappa shape index (κ1) is 16.6. The van der Waals surface area contributed by atoms with Gasteiger partial charge in [0.05, 0.1) is 10.5 Å². The third-order valence-corrected chi connectivity index (χ3v) is 4.92. The van der Waals surface area contributed by atoms with Crippen molar-refractivity contribution in [3.63, 3.8) is 0 Å². The molecule has 5 nitrogen and oxygen atoms in total. The maximum absolute atomic E-state index is 13.3. The average Bonchev–Trinajstić information content (AvgIpc) is 2.38. The van der Waals surface area contributed by atoms with Gasteiger partial charge in [-0.15, -0.1) is 0 Å². The fourth-order valence-corrected chi connectivity index (χ4v) is 3.49. The molecule has 0 aromatic heterocycles. The molecule has 0 aliphatic heterocycles. The Bertz CT molecular complexity index is 586. The summed E-state index contributed by atoms with van der Waals surface area (Å²) in [5, 5.41) is 9.05. The lowest BCUT2D eigenvalue weighted by molar-refractivity contribution is 0.0692. The zero-order chi connectivity index (χ0) is 15.3. The highest BCUT2D eigenvalue weighted by Gasteiger charge is 2.28. The number of hydrogen-bond acceptors (Lipinski definition) is 3. The van der Waals surface area contributed by atoms with Crippen molar-refractivity contribution >= 4 is 16.0 Å². The smallest absolute Gasteiger partial charge is 0.337 e. The summed E-state index contributed by atoms with van der Waals surface area (Å²) in [6.07, 6.45) is 1.46. The number of unbranched alkanes of at least 4 members (excludes halogenated alkanes) is 1. The number of nitrogens with zero attached hydrogens (tertiary/aromatic N) is 1. The standard InChI is InChI=1S/C13H18FNO4S/c1-3-5-8-15(4-2)20(18,19)12-9-10(14)6-7-11(12)13(16)17/h6-7,9H,3-5,8H2,1-2H3,(H,16,17). The SMILES string of the molecule is CCCCN(CC)S(=O)(=O)c1cc(F)ccc1C(=O)O. The second kappa shape index (κ2) is 6.81. The van der Waals surface area contributed by atoms with Crippen LogP contribution < -0.4 is 0 Å². The van der Waals surface area contributed by atoms with Crippen LogP contribution in [0.15, 0.2) is 23.1 Å². The van der Waals surface area contributed by atoms with Crippen molar-refractivity contribution in [2.75, 3.05) is 13.1 Å². The van der Waals surface area contributed by atoms with Crippen LogP contribution in [0, 0.1) is 5.82 Å². The Morgan fingerprint density at radius 3 is 2.50 bits per heavy atom. The molecule has 7 heteroatoms. The van der Waals surface area contributed by atoms with Crippen LogP contribution in [0.25, 0.3) is 0 Å². The van der Waals surface area contributed by atoms with E-state index >= 15 is 0 Å². The Balaban J connectivity index is 3.32. The van der Waals surface area contributed by atoms with E-state index in [0.717, 1.165) is 28.9 Å². The fourth-order valence-electron chi connectivity index (χ4n) is 1.81. The van der Waals surface area contributed by atoms with Crippen molar-refractivity contribution in [1.29, 1.82) is 0 Å². The molecule has 1 aromatic rings. The van der Waals surface area contributed by atoms with E-state index in [0.29, 0.717) is 6.42 Å². The summed E-state index contributed by atoms with van der Waals surface area (Å²) in [4.78, 5) is 10.6. The fraction of sp³-hybridized carbons (Fsp3) is 0.462. The van der Waals surface area contributed by atoms with Gasteiger partial charge in [0.1, 0.15) is 5.82 Å². The third kappa shape index (κ3) is 3.55. The lowest BCUT2D eigenvalue weighted by Gasteiger charge is -2.21. The molecule has 0 saturated carbocycles. The Morgan fingerprint density at radius 2 is 2.00 bits per heavy atom. The van der Waals surface area contributed by atoms with Gasteiger partial charge in [-0.05, 0) is 24.6 Å². The maximum atomic E-state index is 13.3. The first-order valence-corrected chi connectivity index (χ1v) is 7.81. The molecule has 0 spiro atoms. The molecule has 0 fully saturated rings. The van der Waals surface area contributed by atoms with Crippen molar-refractivity contribution in [2.24, 2.45) is 0 Å². The predicted octanol–water partition coefficient (Wildman–Crippen LogP) is 2.33. The molecule has 0 radical (unpaired) electrons. The predicted molar refractivity (Wildman–Crippen MR) is 72.7 cm³/mol. The number of benzene rings is 1.